The lowest BCUT2D eigenvalue weighted by molar-refractivity contribution is -0.00520. The van der Waals surface area contributed by atoms with E-state index in [1.807, 2.05) is 12.1 Å². The van der Waals surface area contributed by atoms with Crippen LogP contribution in [0.4, 0.5) is 0 Å². The van der Waals surface area contributed by atoms with Crippen LogP contribution in [0.25, 0.3) is 0 Å². The fourth-order valence-corrected chi connectivity index (χ4v) is 2.19. The van der Waals surface area contributed by atoms with Crippen LogP contribution in [-0.2, 0) is 6.42 Å². The third-order valence-corrected chi connectivity index (χ3v) is 2.85. The van der Waals surface area contributed by atoms with Crippen LogP contribution in [0.1, 0.15) is 25.5 Å². The molecule has 0 saturated carbocycles. The molecular formula is C11H17NO2. The molecule has 1 aromatic heterocycles. The predicted octanol–water partition coefficient (Wildman–Crippen LogP) is 1.33. The van der Waals surface area contributed by atoms with E-state index in [4.69, 9.17) is 4.42 Å². The minimum atomic E-state index is -0.581. The van der Waals surface area contributed by atoms with Gasteiger partial charge in [0.05, 0.1) is 11.9 Å². The highest BCUT2D eigenvalue weighted by Gasteiger charge is 2.33. The van der Waals surface area contributed by atoms with Gasteiger partial charge in [-0.3, -0.25) is 0 Å². The van der Waals surface area contributed by atoms with E-state index in [-0.39, 0.29) is 0 Å². The van der Waals surface area contributed by atoms with E-state index in [1.54, 1.807) is 6.26 Å². The molecule has 0 radical (unpaired) electrons. The van der Waals surface area contributed by atoms with Crippen molar-refractivity contribution in [2.24, 2.45) is 0 Å². The van der Waals surface area contributed by atoms with Crippen LogP contribution in [0.2, 0.25) is 0 Å². The lowest BCUT2D eigenvalue weighted by Crippen LogP contribution is -2.47. The Balaban J connectivity index is 2.01. The summed E-state index contributed by atoms with van der Waals surface area (Å²) in [7, 11) is 0. The molecule has 1 fully saturated rings. The smallest absolute Gasteiger partial charge is 0.106 e. The summed E-state index contributed by atoms with van der Waals surface area (Å²) in [5.41, 5.74) is -0.581. The van der Waals surface area contributed by atoms with E-state index in [2.05, 4.69) is 12.2 Å². The van der Waals surface area contributed by atoms with E-state index in [9.17, 15) is 5.11 Å². The number of furan rings is 1. The molecule has 3 heteroatoms. The molecule has 2 rings (SSSR count). The molecule has 2 heterocycles. The SMILES string of the molecule is CC1CC(O)(Cc2ccco2)CCN1. The van der Waals surface area contributed by atoms with Gasteiger partial charge < -0.3 is 14.8 Å². The summed E-state index contributed by atoms with van der Waals surface area (Å²) in [5.74, 6) is 0.876. The van der Waals surface area contributed by atoms with Gasteiger partial charge in [0.1, 0.15) is 5.76 Å². The highest BCUT2D eigenvalue weighted by atomic mass is 16.3. The third kappa shape index (κ3) is 2.16. The van der Waals surface area contributed by atoms with Crippen molar-refractivity contribution >= 4 is 0 Å². The molecule has 1 aliphatic heterocycles. The van der Waals surface area contributed by atoms with Crippen molar-refractivity contribution in [1.82, 2.24) is 5.32 Å². The maximum atomic E-state index is 10.3. The second-order valence-corrected chi connectivity index (χ2v) is 4.29. The van der Waals surface area contributed by atoms with Gasteiger partial charge in [0.2, 0.25) is 0 Å². The summed E-state index contributed by atoms with van der Waals surface area (Å²) in [6.07, 6.45) is 3.89. The summed E-state index contributed by atoms with van der Waals surface area (Å²) in [5, 5.41) is 13.6. The fraction of sp³-hybridized carbons (Fsp3) is 0.636. The Morgan fingerprint density at radius 1 is 1.71 bits per heavy atom. The third-order valence-electron chi connectivity index (χ3n) is 2.85. The lowest BCUT2D eigenvalue weighted by atomic mass is 9.85. The zero-order valence-corrected chi connectivity index (χ0v) is 8.49. The summed E-state index contributed by atoms with van der Waals surface area (Å²) in [4.78, 5) is 0. The highest BCUT2D eigenvalue weighted by Crippen LogP contribution is 2.25. The molecule has 0 amide bonds. The molecule has 1 aliphatic rings. The van der Waals surface area contributed by atoms with E-state index in [0.29, 0.717) is 12.5 Å². The number of nitrogens with one attached hydrogen (secondary N) is 1. The standard InChI is InChI=1S/C11H17NO2/c1-9-7-11(13,4-5-12-9)8-10-3-2-6-14-10/h2-3,6,9,12-13H,4-5,7-8H2,1H3. The maximum Gasteiger partial charge on any atom is 0.106 e. The Hall–Kier alpha value is -0.800. The van der Waals surface area contributed by atoms with Crippen LogP contribution in [0, 0.1) is 0 Å². The van der Waals surface area contributed by atoms with Crippen molar-refractivity contribution in [3.8, 4) is 0 Å². The zero-order valence-electron chi connectivity index (χ0n) is 8.49. The van der Waals surface area contributed by atoms with Crippen molar-refractivity contribution in [1.29, 1.82) is 0 Å². The van der Waals surface area contributed by atoms with Crippen LogP contribution in [-0.4, -0.2) is 23.3 Å². The number of hydrogen-bond acceptors (Lipinski definition) is 3. The first-order valence-electron chi connectivity index (χ1n) is 5.16. The Kier molecular flexibility index (Phi) is 2.61. The predicted molar refractivity (Wildman–Crippen MR) is 54.1 cm³/mol. The topological polar surface area (TPSA) is 45.4 Å². The van der Waals surface area contributed by atoms with Gasteiger partial charge in [-0.25, -0.2) is 0 Å². The van der Waals surface area contributed by atoms with Crippen molar-refractivity contribution < 1.29 is 9.52 Å². The molecule has 1 aromatic rings. The largest absolute Gasteiger partial charge is 0.469 e. The summed E-state index contributed by atoms with van der Waals surface area (Å²) in [6.45, 7) is 2.99. The molecule has 2 unspecified atom stereocenters. The molecule has 0 spiro atoms. The van der Waals surface area contributed by atoms with Gasteiger partial charge >= 0.3 is 0 Å². The number of rotatable bonds is 2. The van der Waals surface area contributed by atoms with E-state index in [0.717, 1.165) is 25.1 Å². The van der Waals surface area contributed by atoms with Crippen LogP contribution >= 0.6 is 0 Å². The molecule has 1 saturated heterocycles. The quantitative estimate of drug-likeness (QED) is 0.748. The summed E-state index contributed by atoms with van der Waals surface area (Å²) < 4.78 is 5.26. The minimum Gasteiger partial charge on any atom is -0.469 e. The molecule has 3 nitrogen and oxygen atoms in total. The van der Waals surface area contributed by atoms with Gasteiger partial charge in [0, 0.05) is 12.5 Å². The average Bonchev–Trinajstić information content (AvgIpc) is 2.55. The molecule has 78 valence electrons. The Labute approximate surface area is 84.1 Å². The molecule has 2 N–H and O–H groups in total. The minimum absolute atomic E-state index is 0.392. The number of aliphatic hydroxyl groups is 1. The van der Waals surface area contributed by atoms with Crippen molar-refractivity contribution in [2.45, 2.75) is 37.8 Å². The van der Waals surface area contributed by atoms with Crippen LogP contribution in [0.5, 0.6) is 0 Å². The van der Waals surface area contributed by atoms with Gasteiger partial charge in [0.25, 0.3) is 0 Å². The number of hydrogen-bond donors (Lipinski definition) is 2. The first kappa shape index (κ1) is 9.74. The normalized spacial score (nSPS) is 33.1. The van der Waals surface area contributed by atoms with Gasteiger partial charge in [0.15, 0.2) is 0 Å². The molecule has 0 aliphatic carbocycles. The van der Waals surface area contributed by atoms with Gasteiger partial charge in [-0.05, 0) is 38.4 Å². The highest BCUT2D eigenvalue weighted by molar-refractivity contribution is 5.04. The average molecular weight is 195 g/mol. The Bertz CT molecular complexity index is 283. The molecule has 14 heavy (non-hydrogen) atoms. The number of piperidine rings is 1. The second kappa shape index (κ2) is 3.75. The maximum absolute atomic E-state index is 10.3. The van der Waals surface area contributed by atoms with Gasteiger partial charge in [-0.2, -0.15) is 0 Å². The monoisotopic (exact) mass is 195 g/mol. The summed E-state index contributed by atoms with van der Waals surface area (Å²) in [6, 6.07) is 4.18. The first-order chi connectivity index (χ1) is 6.68. The van der Waals surface area contributed by atoms with Crippen LogP contribution in [0.15, 0.2) is 22.8 Å². The second-order valence-electron chi connectivity index (χ2n) is 4.29. The fourth-order valence-electron chi connectivity index (χ4n) is 2.19. The van der Waals surface area contributed by atoms with E-state index < -0.39 is 5.60 Å². The first-order valence-corrected chi connectivity index (χ1v) is 5.16. The molecule has 0 bridgehead atoms. The van der Waals surface area contributed by atoms with Crippen LogP contribution in [0.3, 0.4) is 0 Å². The van der Waals surface area contributed by atoms with Crippen molar-refractivity contribution in [3.63, 3.8) is 0 Å². The van der Waals surface area contributed by atoms with Crippen LogP contribution < -0.4 is 5.32 Å². The van der Waals surface area contributed by atoms with Crippen molar-refractivity contribution in [2.75, 3.05) is 6.54 Å². The summed E-state index contributed by atoms with van der Waals surface area (Å²) >= 11 is 0. The zero-order chi connectivity index (χ0) is 10.0. The molecule has 2 atom stereocenters. The Morgan fingerprint density at radius 3 is 3.21 bits per heavy atom. The van der Waals surface area contributed by atoms with E-state index >= 15 is 0 Å². The van der Waals surface area contributed by atoms with Gasteiger partial charge in [-0.15, -0.1) is 0 Å². The molecular weight excluding hydrogens is 178 g/mol. The van der Waals surface area contributed by atoms with E-state index in [1.165, 1.54) is 0 Å². The van der Waals surface area contributed by atoms with Gasteiger partial charge in [-0.1, -0.05) is 0 Å². The van der Waals surface area contributed by atoms with Crippen molar-refractivity contribution in [3.05, 3.63) is 24.2 Å². The molecule has 0 aromatic carbocycles. The lowest BCUT2D eigenvalue weighted by Gasteiger charge is -2.35. The Morgan fingerprint density at radius 2 is 2.57 bits per heavy atom.